The van der Waals surface area contributed by atoms with Crippen molar-refractivity contribution in [3.8, 4) is 0 Å². The maximum atomic E-state index is 12.5. The quantitative estimate of drug-likeness (QED) is 0.859. The Bertz CT molecular complexity index is 458. The van der Waals surface area contributed by atoms with E-state index in [2.05, 4.69) is 0 Å². The molecule has 5 heteroatoms. The molecule has 2 saturated heterocycles. The lowest BCUT2D eigenvalue weighted by Gasteiger charge is -2.50. The molecule has 1 aromatic rings. The zero-order chi connectivity index (χ0) is 14.0. The van der Waals surface area contributed by atoms with E-state index in [4.69, 9.17) is 9.47 Å². The van der Waals surface area contributed by atoms with Gasteiger partial charge in [0.05, 0.1) is 18.3 Å². The molecule has 0 N–H and O–H groups in total. The molecule has 0 aromatic carbocycles. The normalized spacial score (nSPS) is 30.1. The molecule has 3 rings (SSSR count). The summed E-state index contributed by atoms with van der Waals surface area (Å²) in [6, 6.07) is 1.90. The van der Waals surface area contributed by atoms with Gasteiger partial charge in [0.1, 0.15) is 0 Å². The Kier molecular flexibility index (Phi) is 4.10. The van der Waals surface area contributed by atoms with Crippen LogP contribution >= 0.6 is 11.3 Å². The Balaban J connectivity index is 1.77. The van der Waals surface area contributed by atoms with E-state index in [0.29, 0.717) is 6.61 Å². The second-order valence-corrected chi connectivity index (χ2v) is 6.57. The predicted molar refractivity (Wildman–Crippen MR) is 78.1 cm³/mol. The van der Waals surface area contributed by atoms with E-state index in [0.717, 1.165) is 44.5 Å². The topological polar surface area (TPSA) is 38.8 Å². The van der Waals surface area contributed by atoms with Crippen LogP contribution < -0.4 is 0 Å². The number of carbonyl (C=O) groups excluding carboxylic acids is 1. The molecular weight excluding hydrogens is 274 g/mol. The highest BCUT2D eigenvalue weighted by molar-refractivity contribution is 7.08. The lowest BCUT2D eigenvalue weighted by Crippen LogP contribution is -2.57. The Morgan fingerprint density at radius 1 is 1.65 bits per heavy atom. The number of amides is 1. The van der Waals surface area contributed by atoms with Gasteiger partial charge in [-0.15, -0.1) is 0 Å². The van der Waals surface area contributed by atoms with Crippen molar-refractivity contribution in [3.63, 3.8) is 0 Å². The second-order valence-electron chi connectivity index (χ2n) is 5.79. The largest absolute Gasteiger partial charge is 0.384 e. The number of piperidine rings is 1. The molecule has 0 bridgehead atoms. The number of likely N-dealkylation sites (tertiary alicyclic amines) is 1. The molecule has 0 saturated carbocycles. The van der Waals surface area contributed by atoms with Gasteiger partial charge in [0.15, 0.2) is 0 Å². The summed E-state index contributed by atoms with van der Waals surface area (Å²) >= 11 is 1.57. The molecule has 0 radical (unpaired) electrons. The molecule has 0 spiro atoms. The van der Waals surface area contributed by atoms with E-state index < -0.39 is 0 Å². The number of thiophene rings is 1. The highest BCUT2D eigenvalue weighted by Gasteiger charge is 2.47. The van der Waals surface area contributed by atoms with E-state index in [1.54, 1.807) is 18.4 Å². The van der Waals surface area contributed by atoms with Crippen LogP contribution in [-0.2, 0) is 9.47 Å². The summed E-state index contributed by atoms with van der Waals surface area (Å²) in [5, 5.41) is 3.88. The van der Waals surface area contributed by atoms with Crippen molar-refractivity contribution < 1.29 is 14.3 Å². The van der Waals surface area contributed by atoms with Gasteiger partial charge in [-0.05, 0) is 30.7 Å². The van der Waals surface area contributed by atoms with E-state index in [1.165, 1.54) is 0 Å². The first-order valence-corrected chi connectivity index (χ1v) is 8.11. The Hall–Kier alpha value is -0.910. The Morgan fingerprint density at radius 3 is 3.30 bits per heavy atom. The molecule has 1 amide bonds. The maximum Gasteiger partial charge on any atom is 0.254 e. The minimum Gasteiger partial charge on any atom is -0.384 e. The Labute approximate surface area is 123 Å². The average molecular weight is 295 g/mol. The molecule has 3 heterocycles. The van der Waals surface area contributed by atoms with Gasteiger partial charge in [0, 0.05) is 37.6 Å². The molecule has 2 aliphatic heterocycles. The monoisotopic (exact) mass is 295 g/mol. The summed E-state index contributed by atoms with van der Waals surface area (Å²) in [5.41, 5.74) is 0.787. The van der Waals surface area contributed by atoms with E-state index in [-0.39, 0.29) is 17.4 Å². The molecule has 2 aliphatic rings. The molecule has 20 heavy (non-hydrogen) atoms. The summed E-state index contributed by atoms with van der Waals surface area (Å²) in [4.78, 5) is 14.5. The summed E-state index contributed by atoms with van der Waals surface area (Å²) in [5.74, 6) is 0.144. The van der Waals surface area contributed by atoms with Crippen LogP contribution in [0.1, 0.15) is 29.6 Å². The molecule has 0 aliphatic carbocycles. The van der Waals surface area contributed by atoms with Crippen LogP contribution in [-0.4, -0.2) is 50.3 Å². The number of hydrogen-bond donors (Lipinski definition) is 0. The zero-order valence-corrected chi connectivity index (χ0v) is 12.7. The van der Waals surface area contributed by atoms with E-state index in [1.807, 2.05) is 21.7 Å². The average Bonchev–Trinajstić information content (AvgIpc) is 3.00. The van der Waals surface area contributed by atoms with Gasteiger partial charge in [-0.2, -0.15) is 11.3 Å². The summed E-state index contributed by atoms with van der Waals surface area (Å²) in [6.07, 6.45) is 3.29. The third-order valence-corrected chi connectivity index (χ3v) is 5.16. The van der Waals surface area contributed by atoms with Crippen molar-refractivity contribution in [2.45, 2.75) is 25.4 Å². The fourth-order valence-corrected chi connectivity index (χ4v) is 4.16. The van der Waals surface area contributed by atoms with Gasteiger partial charge in [-0.3, -0.25) is 4.79 Å². The number of rotatable bonds is 3. The SMILES string of the molecule is COC[C@]12CCCO[C@H]1CCN(C(=O)c1ccsc1)C2. The van der Waals surface area contributed by atoms with Gasteiger partial charge in [0.25, 0.3) is 5.91 Å². The lowest BCUT2D eigenvalue weighted by atomic mass is 9.73. The zero-order valence-electron chi connectivity index (χ0n) is 11.8. The molecule has 2 fully saturated rings. The third kappa shape index (κ3) is 2.50. The van der Waals surface area contributed by atoms with Crippen molar-refractivity contribution in [1.82, 2.24) is 4.90 Å². The van der Waals surface area contributed by atoms with Crippen LogP contribution in [0.4, 0.5) is 0 Å². The number of ether oxygens (including phenoxy) is 2. The van der Waals surface area contributed by atoms with Gasteiger partial charge < -0.3 is 14.4 Å². The minimum absolute atomic E-state index is 0.0169. The second kappa shape index (κ2) is 5.84. The fourth-order valence-electron chi connectivity index (χ4n) is 3.53. The highest BCUT2D eigenvalue weighted by Crippen LogP contribution is 2.40. The molecule has 2 atom stereocenters. The molecule has 1 aromatic heterocycles. The number of carbonyl (C=O) groups is 1. The molecule has 0 unspecified atom stereocenters. The first-order chi connectivity index (χ1) is 9.75. The smallest absolute Gasteiger partial charge is 0.254 e. The molecular formula is C15H21NO3S. The number of hydrogen-bond acceptors (Lipinski definition) is 4. The van der Waals surface area contributed by atoms with Crippen molar-refractivity contribution >= 4 is 17.2 Å². The first kappa shape index (κ1) is 14.0. The summed E-state index contributed by atoms with van der Waals surface area (Å²) < 4.78 is 11.4. The van der Waals surface area contributed by atoms with Crippen molar-refractivity contribution in [3.05, 3.63) is 22.4 Å². The number of fused-ring (bicyclic) bond motifs is 1. The van der Waals surface area contributed by atoms with Gasteiger partial charge >= 0.3 is 0 Å². The Morgan fingerprint density at radius 2 is 2.55 bits per heavy atom. The molecule has 110 valence electrons. The fraction of sp³-hybridized carbons (Fsp3) is 0.667. The van der Waals surface area contributed by atoms with Crippen LogP contribution in [0.15, 0.2) is 16.8 Å². The van der Waals surface area contributed by atoms with Gasteiger partial charge in [0.2, 0.25) is 0 Å². The van der Waals surface area contributed by atoms with Crippen LogP contribution in [0.3, 0.4) is 0 Å². The summed E-state index contributed by atoms with van der Waals surface area (Å²) in [6.45, 7) is 3.05. The first-order valence-electron chi connectivity index (χ1n) is 7.17. The van der Waals surface area contributed by atoms with Gasteiger partial charge in [-0.1, -0.05) is 0 Å². The lowest BCUT2D eigenvalue weighted by molar-refractivity contribution is -0.142. The maximum absolute atomic E-state index is 12.5. The number of nitrogens with zero attached hydrogens (tertiary/aromatic N) is 1. The van der Waals surface area contributed by atoms with Crippen molar-refractivity contribution in [2.75, 3.05) is 33.4 Å². The predicted octanol–water partition coefficient (Wildman–Crippen LogP) is 2.41. The van der Waals surface area contributed by atoms with E-state index in [9.17, 15) is 4.79 Å². The summed E-state index contributed by atoms with van der Waals surface area (Å²) in [7, 11) is 1.74. The standard InChI is InChI=1S/C15H21NO3S/c1-18-11-15-5-2-7-19-13(15)3-6-16(10-15)14(17)12-4-8-20-9-12/h4,8-9,13H,2-3,5-7,10-11H2,1H3/t13-,15+/m0/s1. The van der Waals surface area contributed by atoms with Crippen LogP contribution in [0, 0.1) is 5.41 Å². The van der Waals surface area contributed by atoms with Crippen molar-refractivity contribution in [2.24, 2.45) is 5.41 Å². The highest BCUT2D eigenvalue weighted by atomic mass is 32.1. The third-order valence-electron chi connectivity index (χ3n) is 4.48. The van der Waals surface area contributed by atoms with Crippen LogP contribution in [0.5, 0.6) is 0 Å². The minimum atomic E-state index is -0.0169. The van der Waals surface area contributed by atoms with Crippen LogP contribution in [0.2, 0.25) is 0 Å². The van der Waals surface area contributed by atoms with Crippen molar-refractivity contribution in [1.29, 1.82) is 0 Å². The van der Waals surface area contributed by atoms with Crippen LogP contribution in [0.25, 0.3) is 0 Å². The van der Waals surface area contributed by atoms with E-state index >= 15 is 0 Å². The van der Waals surface area contributed by atoms with Gasteiger partial charge in [-0.25, -0.2) is 0 Å². The number of methoxy groups -OCH3 is 1. The molecule has 4 nitrogen and oxygen atoms in total.